The lowest BCUT2D eigenvalue weighted by Crippen LogP contribution is -2.36. The fourth-order valence-electron chi connectivity index (χ4n) is 0.831. The predicted molar refractivity (Wildman–Crippen MR) is 42.5 cm³/mol. The standard InChI is InChI=1S/C7H18N2O/c1-5-7(9(3)4)10-6(2)8/h6-7H,5,8H2,1-4H3. The van der Waals surface area contributed by atoms with Gasteiger partial charge in [-0.2, -0.15) is 0 Å². The van der Waals surface area contributed by atoms with Crippen molar-refractivity contribution in [2.75, 3.05) is 14.1 Å². The fraction of sp³-hybridized carbons (Fsp3) is 1.00. The molecule has 2 atom stereocenters. The Morgan fingerprint density at radius 3 is 2.10 bits per heavy atom. The van der Waals surface area contributed by atoms with Gasteiger partial charge in [-0.3, -0.25) is 4.90 Å². The van der Waals surface area contributed by atoms with Crippen LogP contribution in [0.4, 0.5) is 0 Å². The first-order chi connectivity index (χ1) is 4.57. The molecule has 2 N–H and O–H groups in total. The zero-order valence-electron chi connectivity index (χ0n) is 7.29. The minimum Gasteiger partial charge on any atom is -0.346 e. The van der Waals surface area contributed by atoms with Gasteiger partial charge in [0.05, 0.1) is 0 Å². The highest BCUT2D eigenvalue weighted by molar-refractivity contribution is 4.51. The largest absolute Gasteiger partial charge is 0.346 e. The van der Waals surface area contributed by atoms with E-state index < -0.39 is 0 Å². The molecule has 0 spiro atoms. The van der Waals surface area contributed by atoms with Gasteiger partial charge < -0.3 is 10.5 Å². The van der Waals surface area contributed by atoms with E-state index in [0.29, 0.717) is 0 Å². The van der Waals surface area contributed by atoms with E-state index in [0.717, 1.165) is 6.42 Å². The third-order valence-corrected chi connectivity index (χ3v) is 1.30. The Bertz CT molecular complexity index is 83.7. The summed E-state index contributed by atoms with van der Waals surface area (Å²) in [6.07, 6.45) is 0.946. The molecule has 0 heterocycles. The Kier molecular flexibility index (Phi) is 4.60. The van der Waals surface area contributed by atoms with Gasteiger partial charge in [0.1, 0.15) is 12.5 Å². The Morgan fingerprint density at radius 1 is 1.50 bits per heavy atom. The van der Waals surface area contributed by atoms with Crippen molar-refractivity contribution in [1.29, 1.82) is 0 Å². The highest BCUT2D eigenvalue weighted by atomic mass is 16.5. The maximum Gasteiger partial charge on any atom is 0.111 e. The minimum absolute atomic E-state index is 0.153. The van der Waals surface area contributed by atoms with E-state index in [1.165, 1.54) is 0 Å². The normalized spacial score (nSPS) is 17.4. The van der Waals surface area contributed by atoms with E-state index in [2.05, 4.69) is 6.92 Å². The van der Waals surface area contributed by atoms with Crippen LogP contribution in [0.2, 0.25) is 0 Å². The van der Waals surface area contributed by atoms with Crippen LogP contribution in [0.15, 0.2) is 0 Å². The maximum absolute atomic E-state index is 5.46. The first-order valence-corrected chi connectivity index (χ1v) is 3.65. The van der Waals surface area contributed by atoms with Crippen molar-refractivity contribution in [3.8, 4) is 0 Å². The van der Waals surface area contributed by atoms with Gasteiger partial charge in [0.15, 0.2) is 0 Å². The molecular formula is C7H18N2O. The van der Waals surface area contributed by atoms with Gasteiger partial charge in [-0.15, -0.1) is 0 Å². The summed E-state index contributed by atoms with van der Waals surface area (Å²) in [7, 11) is 3.97. The second-order valence-electron chi connectivity index (χ2n) is 2.67. The van der Waals surface area contributed by atoms with Crippen LogP contribution < -0.4 is 5.73 Å². The minimum atomic E-state index is -0.174. The van der Waals surface area contributed by atoms with Gasteiger partial charge >= 0.3 is 0 Å². The van der Waals surface area contributed by atoms with E-state index in [1.54, 1.807) is 0 Å². The van der Waals surface area contributed by atoms with Gasteiger partial charge in [0, 0.05) is 0 Å². The molecule has 62 valence electrons. The number of nitrogens with zero attached hydrogens (tertiary/aromatic N) is 1. The van der Waals surface area contributed by atoms with Crippen LogP contribution in [0.3, 0.4) is 0 Å². The average Bonchev–Trinajstić information content (AvgIpc) is 1.81. The SMILES string of the molecule is CCC(OC(C)N)N(C)C. The number of nitrogens with two attached hydrogens (primary N) is 1. The van der Waals surface area contributed by atoms with E-state index in [9.17, 15) is 0 Å². The summed E-state index contributed by atoms with van der Waals surface area (Å²) < 4.78 is 5.36. The zero-order chi connectivity index (χ0) is 8.15. The molecule has 0 rings (SSSR count). The molecule has 0 aliphatic heterocycles. The molecule has 0 saturated carbocycles. The van der Waals surface area contributed by atoms with Gasteiger partial charge in [0.2, 0.25) is 0 Å². The van der Waals surface area contributed by atoms with Crippen LogP contribution in [-0.2, 0) is 4.74 Å². The molecule has 3 heteroatoms. The highest BCUT2D eigenvalue weighted by Crippen LogP contribution is 2.01. The number of hydrogen-bond acceptors (Lipinski definition) is 3. The molecule has 2 unspecified atom stereocenters. The molecule has 0 bridgehead atoms. The van der Waals surface area contributed by atoms with Gasteiger partial charge in [-0.1, -0.05) is 6.92 Å². The summed E-state index contributed by atoms with van der Waals surface area (Å²) in [5.74, 6) is 0. The van der Waals surface area contributed by atoms with E-state index in [4.69, 9.17) is 10.5 Å². The summed E-state index contributed by atoms with van der Waals surface area (Å²) in [4.78, 5) is 2.02. The van der Waals surface area contributed by atoms with Crippen LogP contribution in [0.5, 0.6) is 0 Å². The molecule has 0 amide bonds. The van der Waals surface area contributed by atoms with Crippen molar-refractivity contribution in [3.63, 3.8) is 0 Å². The Labute approximate surface area is 63.1 Å². The Hall–Kier alpha value is -0.120. The van der Waals surface area contributed by atoms with Crippen molar-refractivity contribution >= 4 is 0 Å². The second-order valence-corrected chi connectivity index (χ2v) is 2.67. The van der Waals surface area contributed by atoms with Crippen molar-refractivity contribution in [3.05, 3.63) is 0 Å². The molecular weight excluding hydrogens is 128 g/mol. The summed E-state index contributed by atoms with van der Waals surface area (Å²) >= 11 is 0. The molecule has 0 radical (unpaired) electrons. The maximum atomic E-state index is 5.46. The summed E-state index contributed by atoms with van der Waals surface area (Å²) in [6, 6.07) is 0. The third-order valence-electron chi connectivity index (χ3n) is 1.30. The van der Waals surface area contributed by atoms with Crippen LogP contribution >= 0.6 is 0 Å². The highest BCUT2D eigenvalue weighted by Gasteiger charge is 2.09. The van der Waals surface area contributed by atoms with Crippen LogP contribution in [0.25, 0.3) is 0 Å². The molecule has 0 aromatic rings. The van der Waals surface area contributed by atoms with Gasteiger partial charge in [-0.25, -0.2) is 0 Å². The summed E-state index contributed by atoms with van der Waals surface area (Å²) in [6.45, 7) is 3.92. The summed E-state index contributed by atoms with van der Waals surface area (Å²) in [5, 5.41) is 0. The van der Waals surface area contributed by atoms with Crippen molar-refractivity contribution in [2.24, 2.45) is 5.73 Å². The van der Waals surface area contributed by atoms with Crippen LogP contribution in [0.1, 0.15) is 20.3 Å². The monoisotopic (exact) mass is 146 g/mol. The molecule has 10 heavy (non-hydrogen) atoms. The van der Waals surface area contributed by atoms with Crippen LogP contribution in [0, 0.1) is 0 Å². The molecule has 3 nitrogen and oxygen atoms in total. The van der Waals surface area contributed by atoms with Crippen LogP contribution in [-0.4, -0.2) is 31.5 Å². The quantitative estimate of drug-likeness (QED) is 0.590. The fourth-order valence-corrected chi connectivity index (χ4v) is 0.831. The lowest BCUT2D eigenvalue weighted by molar-refractivity contribution is -0.0739. The predicted octanol–water partition coefficient (Wildman–Crippen LogP) is 0.605. The number of rotatable bonds is 4. The number of ether oxygens (including phenoxy) is 1. The molecule has 0 aliphatic rings. The molecule has 0 aliphatic carbocycles. The smallest absolute Gasteiger partial charge is 0.111 e. The zero-order valence-corrected chi connectivity index (χ0v) is 7.29. The van der Waals surface area contributed by atoms with Gasteiger partial charge in [-0.05, 0) is 27.4 Å². The number of hydrogen-bond donors (Lipinski definition) is 1. The first kappa shape index (κ1) is 9.88. The topological polar surface area (TPSA) is 38.5 Å². The molecule has 0 saturated heterocycles. The van der Waals surface area contributed by atoms with Crippen molar-refractivity contribution in [2.45, 2.75) is 32.7 Å². The summed E-state index contributed by atoms with van der Waals surface area (Å²) in [5.41, 5.74) is 5.46. The average molecular weight is 146 g/mol. The lowest BCUT2D eigenvalue weighted by atomic mass is 10.4. The van der Waals surface area contributed by atoms with E-state index in [-0.39, 0.29) is 12.5 Å². The van der Waals surface area contributed by atoms with E-state index in [1.807, 2.05) is 25.9 Å². The Morgan fingerprint density at radius 2 is 2.00 bits per heavy atom. The lowest BCUT2D eigenvalue weighted by Gasteiger charge is -2.24. The van der Waals surface area contributed by atoms with E-state index >= 15 is 0 Å². The molecule has 0 aromatic carbocycles. The molecule has 0 fully saturated rings. The van der Waals surface area contributed by atoms with Crippen molar-refractivity contribution < 1.29 is 4.74 Å². The molecule has 0 aromatic heterocycles. The Balaban J connectivity index is 3.60. The second kappa shape index (κ2) is 4.66. The van der Waals surface area contributed by atoms with Gasteiger partial charge in [0.25, 0.3) is 0 Å². The van der Waals surface area contributed by atoms with Crippen molar-refractivity contribution in [1.82, 2.24) is 4.90 Å². The first-order valence-electron chi connectivity index (χ1n) is 3.65. The third kappa shape index (κ3) is 3.82.